The third kappa shape index (κ3) is 2.40. The number of aromatic amines is 1. The van der Waals surface area contributed by atoms with Gasteiger partial charge in [-0.3, -0.25) is 4.99 Å². The minimum atomic E-state index is -0.191. The summed E-state index contributed by atoms with van der Waals surface area (Å²) in [6.45, 7) is 2.82. The smallest absolute Gasteiger partial charge is 0.220 e. The second-order valence-corrected chi connectivity index (χ2v) is 5.98. The molecular weight excluding hydrogens is 279 g/mol. The van der Waals surface area contributed by atoms with Gasteiger partial charge in [-0.1, -0.05) is 0 Å². The summed E-state index contributed by atoms with van der Waals surface area (Å²) in [5.74, 6) is 1.22. The number of nitrogens with one attached hydrogen (secondary N) is 1. The van der Waals surface area contributed by atoms with Crippen molar-refractivity contribution in [2.75, 3.05) is 19.6 Å². The topological polar surface area (TPSA) is 43.8 Å². The molecule has 22 heavy (non-hydrogen) atoms. The average Bonchev–Trinajstić information content (AvgIpc) is 2.99. The zero-order chi connectivity index (χ0) is 14.9. The maximum Gasteiger partial charge on any atom is 0.220 e. The molecule has 0 spiro atoms. The van der Waals surface area contributed by atoms with Crippen molar-refractivity contribution < 1.29 is 4.39 Å². The van der Waals surface area contributed by atoms with Crippen molar-refractivity contribution in [1.29, 1.82) is 0 Å². The number of H-pyrrole nitrogens is 1. The summed E-state index contributed by atoms with van der Waals surface area (Å²) in [4.78, 5) is 14.4. The van der Waals surface area contributed by atoms with E-state index in [9.17, 15) is 4.39 Å². The second-order valence-electron chi connectivity index (χ2n) is 5.98. The monoisotopic (exact) mass is 298 g/mol. The van der Waals surface area contributed by atoms with Gasteiger partial charge >= 0.3 is 0 Å². The highest BCUT2D eigenvalue weighted by Gasteiger charge is 2.24. The molecule has 1 fully saturated rings. The van der Waals surface area contributed by atoms with Crippen LogP contribution < -0.4 is 0 Å². The Morgan fingerprint density at radius 1 is 1.23 bits per heavy atom. The Balaban J connectivity index is 1.51. The van der Waals surface area contributed by atoms with E-state index >= 15 is 0 Å². The first-order chi connectivity index (χ1) is 10.8. The summed E-state index contributed by atoms with van der Waals surface area (Å²) in [6.07, 6.45) is 7.12. The van der Waals surface area contributed by atoms with Crippen LogP contribution in [0.3, 0.4) is 0 Å². The lowest BCUT2D eigenvalue weighted by atomic mass is 9.89. The molecule has 0 amide bonds. The van der Waals surface area contributed by atoms with Gasteiger partial charge in [0, 0.05) is 49.4 Å². The molecule has 0 atom stereocenters. The van der Waals surface area contributed by atoms with Gasteiger partial charge in [-0.15, -0.1) is 0 Å². The number of hydrogen-bond donors (Lipinski definition) is 1. The highest BCUT2D eigenvalue weighted by molar-refractivity contribution is 5.89. The number of halogens is 1. The molecule has 0 unspecified atom stereocenters. The second kappa shape index (κ2) is 5.55. The van der Waals surface area contributed by atoms with Crippen LogP contribution in [0.2, 0.25) is 0 Å². The molecule has 0 saturated carbocycles. The Bertz CT molecular complexity index is 738. The third-order valence-electron chi connectivity index (χ3n) is 4.61. The van der Waals surface area contributed by atoms with Crippen molar-refractivity contribution in [1.82, 2.24) is 9.88 Å². The number of fused-ring (bicyclic) bond motifs is 1. The van der Waals surface area contributed by atoms with Crippen molar-refractivity contribution in [2.45, 2.75) is 25.2 Å². The van der Waals surface area contributed by atoms with Crippen LogP contribution in [0.15, 0.2) is 34.4 Å². The third-order valence-corrected chi connectivity index (χ3v) is 4.61. The Labute approximate surface area is 128 Å². The zero-order valence-corrected chi connectivity index (χ0v) is 12.4. The standard InChI is InChI=1S/C17H19FN4/c18-13-2-3-14-15(11-21-16(14)10-13)12-4-8-22(9-5-12)17-19-6-1-7-20-17/h2-3,6,10-12,21H,1,4-5,7-9H2. The van der Waals surface area contributed by atoms with Crippen molar-refractivity contribution in [3.8, 4) is 0 Å². The first-order valence-electron chi connectivity index (χ1n) is 7.90. The molecule has 1 aromatic carbocycles. The fraction of sp³-hybridized carbons (Fsp3) is 0.412. The van der Waals surface area contributed by atoms with Crippen LogP contribution in [0.4, 0.5) is 4.39 Å². The number of aliphatic imine (C=N–C) groups is 2. The summed E-state index contributed by atoms with van der Waals surface area (Å²) in [5.41, 5.74) is 2.20. The normalized spacial score (nSPS) is 19.7. The predicted molar refractivity (Wildman–Crippen MR) is 87.2 cm³/mol. The van der Waals surface area contributed by atoms with Crippen LogP contribution in [0.1, 0.15) is 30.7 Å². The number of nitrogens with zero attached hydrogens (tertiary/aromatic N) is 3. The van der Waals surface area contributed by atoms with Crippen LogP contribution in [0.5, 0.6) is 0 Å². The van der Waals surface area contributed by atoms with E-state index in [0.29, 0.717) is 5.92 Å². The summed E-state index contributed by atoms with van der Waals surface area (Å²) in [5, 5.41) is 1.15. The molecule has 1 N–H and O–H groups in total. The number of hydrogen-bond acceptors (Lipinski definition) is 3. The van der Waals surface area contributed by atoms with Crippen LogP contribution >= 0.6 is 0 Å². The first-order valence-corrected chi connectivity index (χ1v) is 7.90. The lowest BCUT2D eigenvalue weighted by Gasteiger charge is -2.33. The lowest BCUT2D eigenvalue weighted by molar-refractivity contribution is 0.310. The summed E-state index contributed by atoms with van der Waals surface area (Å²) in [7, 11) is 0. The molecule has 0 bridgehead atoms. The van der Waals surface area contributed by atoms with Crippen LogP contribution in [0, 0.1) is 5.82 Å². The van der Waals surface area contributed by atoms with Gasteiger partial charge in [0.15, 0.2) is 0 Å². The van der Waals surface area contributed by atoms with Crippen molar-refractivity contribution in [3.05, 3.63) is 35.8 Å². The molecule has 2 aliphatic heterocycles. The number of benzene rings is 1. The van der Waals surface area contributed by atoms with Gasteiger partial charge < -0.3 is 9.88 Å². The molecule has 0 radical (unpaired) electrons. The first kappa shape index (κ1) is 13.5. The van der Waals surface area contributed by atoms with E-state index in [1.807, 2.05) is 18.5 Å². The number of guanidine groups is 1. The maximum absolute atomic E-state index is 13.3. The van der Waals surface area contributed by atoms with Gasteiger partial charge in [-0.25, -0.2) is 9.38 Å². The fourth-order valence-corrected chi connectivity index (χ4v) is 3.44. The van der Waals surface area contributed by atoms with Crippen molar-refractivity contribution in [3.63, 3.8) is 0 Å². The highest BCUT2D eigenvalue weighted by atomic mass is 19.1. The molecule has 4 nitrogen and oxygen atoms in total. The van der Waals surface area contributed by atoms with E-state index in [1.54, 1.807) is 12.1 Å². The minimum Gasteiger partial charge on any atom is -0.361 e. The molecule has 1 aromatic heterocycles. The lowest BCUT2D eigenvalue weighted by Crippen LogP contribution is -2.37. The van der Waals surface area contributed by atoms with Gasteiger partial charge in [-0.2, -0.15) is 0 Å². The van der Waals surface area contributed by atoms with Crippen molar-refractivity contribution in [2.24, 2.45) is 9.98 Å². The van der Waals surface area contributed by atoms with E-state index < -0.39 is 0 Å². The van der Waals surface area contributed by atoms with E-state index in [-0.39, 0.29) is 5.82 Å². The van der Waals surface area contributed by atoms with Crippen LogP contribution in [-0.2, 0) is 0 Å². The largest absolute Gasteiger partial charge is 0.361 e. The molecule has 2 aromatic rings. The minimum absolute atomic E-state index is 0.191. The Hall–Kier alpha value is -2.17. The zero-order valence-electron chi connectivity index (χ0n) is 12.4. The Kier molecular flexibility index (Phi) is 3.41. The number of aromatic nitrogens is 1. The van der Waals surface area contributed by atoms with Gasteiger partial charge in [0.05, 0.1) is 0 Å². The fourth-order valence-electron chi connectivity index (χ4n) is 3.44. The average molecular weight is 298 g/mol. The summed E-state index contributed by atoms with van der Waals surface area (Å²) < 4.78 is 13.3. The number of piperidine rings is 1. The quantitative estimate of drug-likeness (QED) is 0.862. The van der Waals surface area contributed by atoms with Gasteiger partial charge in [0.1, 0.15) is 5.82 Å². The molecule has 1 saturated heterocycles. The Morgan fingerprint density at radius 2 is 2.09 bits per heavy atom. The van der Waals surface area contributed by atoms with Gasteiger partial charge in [-0.05, 0) is 42.5 Å². The van der Waals surface area contributed by atoms with Gasteiger partial charge in [0.25, 0.3) is 0 Å². The van der Waals surface area contributed by atoms with E-state index in [0.717, 1.165) is 55.8 Å². The molecule has 5 heteroatoms. The highest BCUT2D eigenvalue weighted by Crippen LogP contribution is 2.33. The molecule has 2 aliphatic rings. The maximum atomic E-state index is 13.3. The number of rotatable bonds is 1. The molecule has 3 heterocycles. The Morgan fingerprint density at radius 3 is 2.86 bits per heavy atom. The molecule has 0 aliphatic carbocycles. The van der Waals surface area contributed by atoms with Crippen LogP contribution in [-0.4, -0.2) is 41.7 Å². The predicted octanol–water partition coefficient (Wildman–Crippen LogP) is 3.32. The molecular formula is C17H19FN4. The van der Waals surface area contributed by atoms with E-state index in [1.165, 1.54) is 5.56 Å². The summed E-state index contributed by atoms with van der Waals surface area (Å²) >= 11 is 0. The van der Waals surface area contributed by atoms with Crippen LogP contribution in [0.25, 0.3) is 10.9 Å². The molecule has 114 valence electrons. The van der Waals surface area contributed by atoms with E-state index in [4.69, 9.17) is 0 Å². The number of likely N-dealkylation sites (tertiary alicyclic amines) is 1. The van der Waals surface area contributed by atoms with Crippen molar-refractivity contribution >= 4 is 23.1 Å². The van der Waals surface area contributed by atoms with E-state index in [2.05, 4.69) is 19.9 Å². The summed E-state index contributed by atoms with van der Waals surface area (Å²) in [6, 6.07) is 5.00. The SMILES string of the molecule is Fc1ccc2c(C3CCN(C4=NCCC=N4)CC3)c[nH]c2c1. The molecule has 4 rings (SSSR count). The van der Waals surface area contributed by atoms with Gasteiger partial charge in [0.2, 0.25) is 5.96 Å².